The molecule has 0 spiro atoms. The summed E-state index contributed by atoms with van der Waals surface area (Å²) in [4.78, 5) is 0. The van der Waals surface area contributed by atoms with Crippen LogP contribution in [0.4, 0.5) is 10.3 Å². The van der Waals surface area contributed by atoms with Crippen LogP contribution in [0.15, 0.2) is 28.9 Å². The Hall–Kier alpha value is -1.88. The molecule has 2 N–H and O–H groups in total. The van der Waals surface area contributed by atoms with Gasteiger partial charge in [-0.1, -0.05) is 11.2 Å². The molecule has 1 heterocycles. The van der Waals surface area contributed by atoms with Crippen molar-refractivity contribution < 1.29 is 13.7 Å². The second-order valence-electron chi connectivity index (χ2n) is 3.35. The molecule has 4 nitrogen and oxygen atoms in total. The maximum Gasteiger partial charge on any atom is 0.230 e. The Labute approximate surface area is 91.8 Å². The minimum Gasteiger partial charge on any atom is -0.380 e. The lowest BCUT2D eigenvalue weighted by Crippen LogP contribution is -1.92. The van der Waals surface area contributed by atoms with E-state index in [2.05, 4.69) is 5.16 Å². The lowest BCUT2D eigenvalue weighted by molar-refractivity contribution is 0.185. The van der Waals surface area contributed by atoms with Gasteiger partial charge in [-0.2, -0.15) is 0 Å². The fourth-order valence-corrected chi connectivity index (χ4v) is 1.49. The summed E-state index contributed by atoms with van der Waals surface area (Å²) in [6.45, 7) is 0.415. The number of nitrogens with two attached hydrogens (primary N) is 1. The number of halogens is 1. The minimum absolute atomic E-state index is 0.105. The van der Waals surface area contributed by atoms with E-state index < -0.39 is 0 Å². The number of aromatic nitrogens is 1. The van der Waals surface area contributed by atoms with Gasteiger partial charge in [0.25, 0.3) is 0 Å². The average molecular weight is 222 g/mol. The molecule has 0 fully saturated rings. The number of ether oxygens (including phenoxy) is 1. The molecule has 5 heteroatoms. The summed E-state index contributed by atoms with van der Waals surface area (Å²) in [5.74, 6) is -0.261. The summed E-state index contributed by atoms with van der Waals surface area (Å²) in [5.41, 5.74) is 7.22. The van der Waals surface area contributed by atoms with Crippen LogP contribution in [-0.4, -0.2) is 12.3 Å². The molecule has 0 saturated carbocycles. The first-order valence-electron chi connectivity index (χ1n) is 4.70. The maximum atomic E-state index is 13.6. The lowest BCUT2D eigenvalue weighted by atomic mass is 10.1. The van der Waals surface area contributed by atoms with Gasteiger partial charge in [0.1, 0.15) is 5.82 Å². The Morgan fingerprint density at radius 3 is 2.88 bits per heavy atom. The van der Waals surface area contributed by atoms with Gasteiger partial charge in [-0.3, -0.25) is 0 Å². The zero-order chi connectivity index (χ0) is 11.5. The van der Waals surface area contributed by atoms with E-state index in [1.54, 1.807) is 19.2 Å². The maximum absolute atomic E-state index is 13.6. The molecule has 0 aliphatic rings. The fourth-order valence-electron chi connectivity index (χ4n) is 1.49. The molecule has 0 saturated heterocycles. The fraction of sp³-hybridized carbons (Fsp3) is 0.182. The Balaban J connectivity index is 2.47. The van der Waals surface area contributed by atoms with Crippen molar-refractivity contribution >= 4 is 5.88 Å². The molecule has 0 aliphatic heterocycles. The Bertz CT molecular complexity index is 496. The quantitative estimate of drug-likeness (QED) is 0.864. The number of rotatable bonds is 3. The SMILES string of the molecule is COCc1ccc(F)c(-c2cnoc2N)c1. The van der Waals surface area contributed by atoms with Crippen molar-refractivity contribution in [3.63, 3.8) is 0 Å². The molecule has 0 aliphatic carbocycles. The second-order valence-corrected chi connectivity index (χ2v) is 3.35. The van der Waals surface area contributed by atoms with Crippen molar-refractivity contribution in [2.45, 2.75) is 6.61 Å². The smallest absolute Gasteiger partial charge is 0.230 e. The van der Waals surface area contributed by atoms with Crippen molar-refractivity contribution in [2.24, 2.45) is 0 Å². The summed E-state index contributed by atoms with van der Waals surface area (Å²) < 4.78 is 23.3. The van der Waals surface area contributed by atoms with Crippen LogP contribution in [-0.2, 0) is 11.3 Å². The van der Waals surface area contributed by atoms with Crippen LogP contribution in [0.5, 0.6) is 0 Å². The first kappa shape index (κ1) is 10.6. The third-order valence-electron chi connectivity index (χ3n) is 2.23. The highest BCUT2D eigenvalue weighted by Gasteiger charge is 2.12. The van der Waals surface area contributed by atoms with E-state index in [1.165, 1.54) is 12.3 Å². The average Bonchev–Trinajstić information content (AvgIpc) is 2.68. The normalized spacial score (nSPS) is 10.6. The molecule has 0 radical (unpaired) electrons. The topological polar surface area (TPSA) is 61.3 Å². The summed E-state index contributed by atoms with van der Waals surface area (Å²) in [5, 5.41) is 3.52. The summed E-state index contributed by atoms with van der Waals surface area (Å²) in [6.07, 6.45) is 1.39. The van der Waals surface area contributed by atoms with Crippen molar-refractivity contribution in [3.8, 4) is 11.1 Å². The number of methoxy groups -OCH3 is 1. The van der Waals surface area contributed by atoms with Gasteiger partial charge in [0.05, 0.1) is 18.4 Å². The van der Waals surface area contributed by atoms with Gasteiger partial charge < -0.3 is 15.0 Å². The van der Waals surface area contributed by atoms with Crippen molar-refractivity contribution in [2.75, 3.05) is 12.8 Å². The minimum atomic E-state index is -0.366. The predicted molar refractivity (Wildman–Crippen MR) is 57.0 cm³/mol. The molecule has 2 rings (SSSR count). The predicted octanol–water partition coefficient (Wildman–Crippen LogP) is 2.21. The van der Waals surface area contributed by atoms with E-state index >= 15 is 0 Å². The Morgan fingerprint density at radius 2 is 2.25 bits per heavy atom. The zero-order valence-electron chi connectivity index (χ0n) is 8.74. The first-order chi connectivity index (χ1) is 7.72. The van der Waals surface area contributed by atoms with E-state index in [1.807, 2.05) is 0 Å². The van der Waals surface area contributed by atoms with Crippen molar-refractivity contribution in [1.82, 2.24) is 5.16 Å². The first-order valence-corrected chi connectivity index (χ1v) is 4.70. The number of nitrogens with zero attached hydrogens (tertiary/aromatic N) is 1. The van der Waals surface area contributed by atoms with Crippen LogP contribution in [0, 0.1) is 5.82 Å². The highest BCUT2D eigenvalue weighted by molar-refractivity contribution is 5.72. The molecule has 2 aromatic rings. The third kappa shape index (κ3) is 1.90. The lowest BCUT2D eigenvalue weighted by Gasteiger charge is -2.04. The molecular weight excluding hydrogens is 211 g/mol. The van der Waals surface area contributed by atoms with Gasteiger partial charge in [-0.15, -0.1) is 0 Å². The Morgan fingerprint density at radius 1 is 1.44 bits per heavy atom. The van der Waals surface area contributed by atoms with Gasteiger partial charge in [0.2, 0.25) is 5.88 Å². The summed E-state index contributed by atoms with van der Waals surface area (Å²) >= 11 is 0. The van der Waals surface area contributed by atoms with Gasteiger partial charge in [-0.25, -0.2) is 4.39 Å². The number of benzene rings is 1. The molecule has 0 amide bonds. The van der Waals surface area contributed by atoms with Crippen molar-refractivity contribution in [1.29, 1.82) is 0 Å². The molecular formula is C11H11FN2O2. The molecule has 0 unspecified atom stereocenters. The van der Waals surface area contributed by atoms with E-state index in [-0.39, 0.29) is 11.7 Å². The zero-order valence-corrected chi connectivity index (χ0v) is 8.74. The van der Waals surface area contributed by atoms with Crippen molar-refractivity contribution in [3.05, 3.63) is 35.8 Å². The van der Waals surface area contributed by atoms with Crippen LogP contribution >= 0.6 is 0 Å². The molecule has 1 aromatic heterocycles. The molecule has 0 atom stereocenters. The third-order valence-corrected chi connectivity index (χ3v) is 2.23. The van der Waals surface area contributed by atoms with Gasteiger partial charge >= 0.3 is 0 Å². The highest BCUT2D eigenvalue weighted by atomic mass is 19.1. The monoisotopic (exact) mass is 222 g/mol. The largest absolute Gasteiger partial charge is 0.380 e. The van der Waals surface area contributed by atoms with Crippen LogP contribution in [0.25, 0.3) is 11.1 Å². The molecule has 16 heavy (non-hydrogen) atoms. The molecule has 0 bridgehead atoms. The molecule has 1 aromatic carbocycles. The van der Waals surface area contributed by atoms with Crippen LogP contribution in [0.1, 0.15) is 5.56 Å². The van der Waals surface area contributed by atoms with E-state index in [9.17, 15) is 4.39 Å². The van der Waals surface area contributed by atoms with Crippen LogP contribution in [0.3, 0.4) is 0 Å². The standard InChI is InChI=1S/C11H11FN2O2/c1-15-6-7-2-3-10(12)8(4-7)9-5-14-16-11(9)13/h2-5H,6,13H2,1H3. The number of hydrogen-bond donors (Lipinski definition) is 1. The number of anilines is 1. The summed E-state index contributed by atoms with van der Waals surface area (Å²) in [7, 11) is 1.58. The molecule has 84 valence electrons. The van der Waals surface area contributed by atoms with E-state index in [4.69, 9.17) is 15.0 Å². The van der Waals surface area contributed by atoms with Gasteiger partial charge in [-0.05, 0) is 17.7 Å². The number of nitrogen functional groups attached to an aromatic ring is 1. The Kier molecular flexibility index (Phi) is 2.87. The second kappa shape index (κ2) is 4.32. The van der Waals surface area contributed by atoms with E-state index in [0.717, 1.165) is 5.56 Å². The summed E-state index contributed by atoms with van der Waals surface area (Å²) in [6, 6.07) is 4.70. The van der Waals surface area contributed by atoms with Crippen LogP contribution in [0.2, 0.25) is 0 Å². The van der Waals surface area contributed by atoms with Gasteiger partial charge in [0, 0.05) is 12.7 Å². The van der Waals surface area contributed by atoms with Crippen LogP contribution < -0.4 is 5.73 Å². The van der Waals surface area contributed by atoms with E-state index in [0.29, 0.717) is 17.7 Å². The highest BCUT2D eigenvalue weighted by Crippen LogP contribution is 2.28. The number of hydrogen-bond acceptors (Lipinski definition) is 4. The van der Waals surface area contributed by atoms with Gasteiger partial charge in [0.15, 0.2) is 0 Å².